The Morgan fingerprint density at radius 3 is 2.93 bits per heavy atom. The lowest BCUT2D eigenvalue weighted by Crippen LogP contribution is -2.38. The van der Waals surface area contributed by atoms with Crippen LogP contribution in [0.5, 0.6) is 5.75 Å². The van der Waals surface area contributed by atoms with Gasteiger partial charge in [0.05, 0.1) is 19.0 Å². The molecule has 0 bridgehead atoms. The summed E-state index contributed by atoms with van der Waals surface area (Å²) in [6.07, 6.45) is 4.24. The minimum Gasteiger partial charge on any atom is -0.496 e. The summed E-state index contributed by atoms with van der Waals surface area (Å²) in [4.78, 5) is 26.6. The monoisotopic (exact) mass is 384 g/mol. The number of carbonyl (C=O) groups is 1. The fourth-order valence-corrected chi connectivity index (χ4v) is 3.68. The first kappa shape index (κ1) is 19.9. The van der Waals surface area contributed by atoms with E-state index >= 15 is 0 Å². The Labute approximate surface area is 165 Å². The maximum Gasteiger partial charge on any atom is 0.268 e. The average Bonchev–Trinajstić information content (AvgIpc) is 2.72. The molecular formula is C21H28N4O3. The van der Waals surface area contributed by atoms with E-state index < -0.39 is 0 Å². The third kappa shape index (κ3) is 4.91. The number of rotatable bonds is 7. The Kier molecular flexibility index (Phi) is 6.68. The first-order valence-corrected chi connectivity index (χ1v) is 9.81. The van der Waals surface area contributed by atoms with Gasteiger partial charge in [-0.15, -0.1) is 0 Å². The van der Waals surface area contributed by atoms with Gasteiger partial charge in [0.25, 0.3) is 5.56 Å². The number of aryl methyl sites for hydroxylation is 1. The summed E-state index contributed by atoms with van der Waals surface area (Å²) in [7, 11) is 1.63. The van der Waals surface area contributed by atoms with Crippen LogP contribution in [0.3, 0.4) is 0 Å². The number of nitrogens with one attached hydrogen (secondary N) is 1. The largest absolute Gasteiger partial charge is 0.496 e. The highest BCUT2D eigenvalue weighted by atomic mass is 16.5. The number of piperidine rings is 1. The molecule has 1 N–H and O–H groups in total. The summed E-state index contributed by atoms with van der Waals surface area (Å²) in [5.74, 6) is 1.08. The zero-order chi connectivity index (χ0) is 19.9. The van der Waals surface area contributed by atoms with Crippen LogP contribution in [0.2, 0.25) is 0 Å². The Morgan fingerprint density at radius 2 is 2.18 bits per heavy atom. The van der Waals surface area contributed by atoms with Crippen LogP contribution >= 0.6 is 0 Å². The number of aromatic nitrogens is 2. The molecule has 28 heavy (non-hydrogen) atoms. The van der Waals surface area contributed by atoms with Gasteiger partial charge >= 0.3 is 0 Å². The van der Waals surface area contributed by atoms with Gasteiger partial charge in [-0.2, -0.15) is 5.10 Å². The molecule has 0 spiro atoms. The molecular weight excluding hydrogens is 356 g/mol. The Balaban J connectivity index is 1.55. The quantitative estimate of drug-likeness (QED) is 0.792. The zero-order valence-corrected chi connectivity index (χ0v) is 16.6. The summed E-state index contributed by atoms with van der Waals surface area (Å²) in [6, 6.07) is 9.33. The molecule has 1 aromatic carbocycles. The molecule has 1 unspecified atom stereocenters. The van der Waals surface area contributed by atoms with E-state index in [0.717, 1.165) is 42.9 Å². The molecule has 0 radical (unpaired) electrons. The van der Waals surface area contributed by atoms with Crippen molar-refractivity contribution in [1.82, 2.24) is 15.1 Å². The van der Waals surface area contributed by atoms with Crippen LogP contribution in [0, 0.1) is 5.92 Å². The molecule has 0 aliphatic carbocycles. The lowest BCUT2D eigenvalue weighted by atomic mass is 9.94. The number of ether oxygens (including phenoxy) is 1. The normalized spacial score (nSPS) is 16.6. The third-order valence-corrected chi connectivity index (χ3v) is 5.18. The van der Waals surface area contributed by atoms with Crippen molar-refractivity contribution in [2.75, 3.05) is 25.1 Å². The molecule has 1 aliphatic heterocycles. The predicted octanol–water partition coefficient (Wildman–Crippen LogP) is 2.19. The Bertz CT molecular complexity index is 865. The number of methoxy groups -OCH3 is 1. The minimum atomic E-state index is -0.0864. The van der Waals surface area contributed by atoms with Gasteiger partial charge in [0, 0.05) is 44.2 Å². The molecule has 150 valence electrons. The van der Waals surface area contributed by atoms with E-state index in [2.05, 4.69) is 15.3 Å². The molecule has 1 aliphatic rings. The minimum absolute atomic E-state index is 0.0391. The van der Waals surface area contributed by atoms with Gasteiger partial charge in [-0.1, -0.05) is 18.2 Å². The maximum absolute atomic E-state index is 12.4. The summed E-state index contributed by atoms with van der Waals surface area (Å²) in [6.45, 7) is 4.57. The lowest BCUT2D eigenvalue weighted by Gasteiger charge is -2.34. The number of para-hydroxylation sites is 1. The Hall–Kier alpha value is -2.83. The number of amides is 1. The fraction of sp³-hybridized carbons (Fsp3) is 0.476. The topological polar surface area (TPSA) is 76.5 Å². The highest BCUT2D eigenvalue weighted by Gasteiger charge is 2.23. The van der Waals surface area contributed by atoms with Crippen molar-refractivity contribution in [3.8, 4) is 5.75 Å². The van der Waals surface area contributed by atoms with Gasteiger partial charge in [0.1, 0.15) is 5.75 Å². The predicted molar refractivity (Wildman–Crippen MR) is 109 cm³/mol. The number of carbonyl (C=O) groups excluding carboxylic acids is 1. The molecule has 1 atom stereocenters. The molecule has 2 heterocycles. The second-order valence-corrected chi connectivity index (χ2v) is 7.11. The van der Waals surface area contributed by atoms with E-state index in [0.29, 0.717) is 19.5 Å². The van der Waals surface area contributed by atoms with Crippen LogP contribution in [0.25, 0.3) is 0 Å². The number of nitrogens with zero attached hydrogens (tertiary/aromatic N) is 3. The van der Waals surface area contributed by atoms with E-state index in [1.807, 2.05) is 31.2 Å². The van der Waals surface area contributed by atoms with Crippen molar-refractivity contribution in [3.63, 3.8) is 0 Å². The molecule has 1 saturated heterocycles. The van der Waals surface area contributed by atoms with Crippen molar-refractivity contribution in [2.45, 2.75) is 39.3 Å². The summed E-state index contributed by atoms with van der Waals surface area (Å²) < 4.78 is 6.77. The third-order valence-electron chi connectivity index (χ3n) is 5.18. The van der Waals surface area contributed by atoms with Crippen molar-refractivity contribution < 1.29 is 9.53 Å². The zero-order valence-electron chi connectivity index (χ0n) is 16.6. The van der Waals surface area contributed by atoms with E-state index in [1.165, 1.54) is 4.68 Å². The van der Waals surface area contributed by atoms with Crippen LogP contribution < -0.4 is 20.5 Å². The molecule has 3 rings (SSSR count). The van der Waals surface area contributed by atoms with Crippen LogP contribution in [0.4, 0.5) is 5.69 Å². The standard InChI is InChI=1S/C21H28N4O3/c1-3-25-21(27)12-18(14-23-25)24-10-6-7-16(15-24)11-20(26)22-13-17-8-4-5-9-19(17)28-2/h4-5,8-9,12,14,16H,3,6-7,10-11,13,15H2,1-2H3,(H,22,26). The highest BCUT2D eigenvalue weighted by Crippen LogP contribution is 2.24. The number of hydrogen-bond acceptors (Lipinski definition) is 5. The Morgan fingerprint density at radius 1 is 1.36 bits per heavy atom. The SMILES string of the molecule is CCn1ncc(N2CCCC(CC(=O)NCc3ccccc3OC)C2)cc1=O. The second kappa shape index (κ2) is 9.39. The second-order valence-electron chi connectivity index (χ2n) is 7.11. The van der Waals surface area contributed by atoms with Crippen LogP contribution in [-0.4, -0.2) is 35.9 Å². The molecule has 0 saturated carbocycles. The first-order chi connectivity index (χ1) is 13.6. The fourth-order valence-electron chi connectivity index (χ4n) is 3.68. The van der Waals surface area contributed by atoms with Gasteiger partial charge in [0.2, 0.25) is 5.91 Å². The van der Waals surface area contributed by atoms with Crippen LogP contribution in [0.15, 0.2) is 41.3 Å². The van der Waals surface area contributed by atoms with Crippen molar-refractivity contribution in [3.05, 3.63) is 52.4 Å². The molecule has 1 amide bonds. The molecule has 7 heteroatoms. The van der Waals surface area contributed by atoms with Crippen molar-refractivity contribution >= 4 is 11.6 Å². The first-order valence-electron chi connectivity index (χ1n) is 9.81. The number of benzene rings is 1. The van der Waals surface area contributed by atoms with E-state index in [9.17, 15) is 9.59 Å². The lowest BCUT2D eigenvalue weighted by molar-refractivity contribution is -0.122. The highest BCUT2D eigenvalue weighted by molar-refractivity contribution is 5.76. The van der Waals surface area contributed by atoms with E-state index in [1.54, 1.807) is 19.4 Å². The molecule has 2 aromatic rings. The van der Waals surface area contributed by atoms with E-state index in [-0.39, 0.29) is 17.4 Å². The van der Waals surface area contributed by atoms with Gasteiger partial charge in [-0.25, -0.2) is 4.68 Å². The summed E-state index contributed by atoms with van der Waals surface area (Å²) >= 11 is 0. The molecule has 1 aromatic heterocycles. The molecule has 7 nitrogen and oxygen atoms in total. The van der Waals surface area contributed by atoms with Crippen molar-refractivity contribution in [1.29, 1.82) is 0 Å². The van der Waals surface area contributed by atoms with Gasteiger partial charge in [-0.3, -0.25) is 9.59 Å². The summed E-state index contributed by atoms with van der Waals surface area (Å²) in [5.41, 5.74) is 1.72. The maximum atomic E-state index is 12.4. The number of hydrogen-bond donors (Lipinski definition) is 1. The van der Waals surface area contributed by atoms with Gasteiger partial charge in [-0.05, 0) is 31.7 Å². The average molecular weight is 384 g/mol. The van der Waals surface area contributed by atoms with Crippen LogP contribution in [0.1, 0.15) is 31.7 Å². The van der Waals surface area contributed by atoms with Crippen LogP contribution in [-0.2, 0) is 17.9 Å². The number of anilines is 1. The van der Waals surface area contributed by atoms with Gasteiger partial charge < -0.3 is 15.0 Å². The van der Waals surface area contributed by atoms with E-state index in [4.69, 9.17) is 4.74 Å². The molecule has 1 fully saturated rings. The smallest absolute Gasteiger partial charge is 0.268 e. The van der Waals surface area contributed by atoms with Gasteiger partial charge in [0.15, 0.2) is 0 Å². The summed E-state index contributed by atoms with van der Waals surface area (Å²) in [5, 5.41) is 7.21. The van der Waals surface area contributed by atoms with Crippen molar-refractivity contribution in [2.24, 2.45) is 5.92 Å².